The molecule has 2 heterocycles. The van der Waals surface area contributed by atoms with Crippen molar-refractivity contribution >= 4 is 47.0 Å². The molecule has 9 heteroatoms. The number of aromatic nitrogens is 2. The lowest BCUT2D eigenvalue weighted by molar-refractivity contribution is -0.118. The van der Waals surface area contributed by atoms with Crippen LogP contribution in [0.15, 0.2) is 60.7 Å². The van der Waals surface area contributed by atoms with E-state index in [1.807, 2.05) is 31.2 Å². The Labute approximate surface area is 163 Å². The van der Waals surface area contributed by atoms with Crippen molar-refractivity contribution in [1.29, 1.82) is 0 Å². The van der Waals surface area contributed by atoms with E-state index in [-0.39, 0.29) is 11.7 Å². The van der Waals surface area contributed by atoms with Crippen molar-refractivity contribution in [2.24, 2.45) is 5.10 Å². The van der Waals surface area contributed by atoms with Crippen molar-refractivity contribution in [1.82, 2.24) is 15.6 Å². The quantitative estimate of drug-likeness (QED) is 0.348. The van der Waals surface area contributed by atoms with Crippen molar-refractivity contribution in [3.63, 3.8) is 0 Å². The van der Waals surface area contributed by atoms with E-state index in [4.69, 9.17) is 4.42 Å². The molecule has 1 amide bonds. The standard InChI is InChI=1S/C17H16N4O2S3/c1-12-7-8-14(23-12)9-18-19-15(22)11-25-17-21-20-16(26-17)24-10-13-5-3-2-4-6-13/h2-9H,10-11H2,1H3,(H,19,22)/b18-9+. The molecule has 26 heavy (non-hydrogen) atoms. The first-order chi connectivity index (χ1) is 12.7. The van der Waals surface area contributed by atoms with Crippen LogP contribution >= 0.6 is 34.9 Å². The van der Waals surface area contributed by atoms with Gasteiger partial charge in [0, 0.05) is 5.75 Å². The third-order valence-corrected chi connectivity index (χ3v) is 6.32. The first-order valence-electron chi connectivity index (χ1n) is 7.70. The number of carbonyl (C=O) groups is 1. The second kappa shape index (κ2) is 9.56. The fraction of sp³-hybridized carbons (Fsp3) is 0.176. The van der Waals surface area contributed by atoms with Gasteiger partial charge in [-0.3, -0.25) is 4.79 Å². The Morgan fingerprint density at radius 3 is 2.69 bits per heavy atom. The molecule has 0 aliphatic rings. The lowest BCUT2D eigenvalue weighted by atomic mass is 10.2. The number of rotatable bonds is 8. The van der Waals surface area contributed by atoms with Gasteiger partial charge in [0.2, 0.25) is 0 Å². The Balaban J connectivity index is 1.40. The molecule has 3 aromatic rings. The molecule has 0 saturated heterocycles. The SMILES string of the molecule is Cc1ccc(/C=N/NC(=O)CSc2nnc(SCc3ccccc3)s2)o1. The zero-order chi connectivity index (χ0) is 18.2. The summed E-state index contributed by atoms with van der Waals surface area (Å²) in [5.41, 5.74) is 3.71. The molecule has 0 spiro atoms. The van der Waals surface area contributed by atoms with Gasteiger partial charge in [-0.1, -0.05) is 65.2 Å². The minimum absolute atomic E-state index is 0.205. The normalized spacial score (nSPS) is 11.1. The van der Waals surface area contributed by atoms with E-state index in [1.165, 1.54) is 34.9 Å². The highest BCUT2D eigenvalue weighted by Crippen LogP contribution is 2.30. The number of hydrogen-bond donors (Lipinski definition) is 1. The van der Waals surface area contributed by atoms with Crippen LogP contribution < -0.4 is 5.43 Å². The number of hydrazone groups is 1. The average Bonchev–Trinajstić information content (AvgIpc) is 3.28. The van der Waals surface area contributed by atoms with Crippen molar-refractivity contribution < 1.29 is 9.21 Å². The van der Waals surface area contributed by atoms with E-state index in [9.17, 15) is 4.79 Å². The van der Waals surface area contributed by atoms with Crippen LogP contribution in [-0.2, 0) is 10.5 Å². The molecule has 0 bridgehead atoms. The summed E-state index contributed by atoms with van der Waals surface area (Å²) in [7, 11) is 0. The van der Waals surface area contributed by atoms with Crippen LogP contribution in [0.25, 0.3) is 0 Å². The summed E-state index contributed by atoms with van der Waals surface area (Å²) in [6, 6.07) is 13.8. The Hall–Kier alpha value is -2.10. The van der Waals surface area contributed by atoms with Gasteiger partial charge in [-0.2, -0.15) is 5.10 Å². The van der Waals surface area contributed by atoms with Crippen molar-refractivity contribution in [3.8, 4) is 0 Å². The molecule has 2 aromatic heterocycles. The molecule has 3 rings (SSSR count). The van der Waals surface area contributed by atoms with Crippen LogP contribution in [0.5, 0.6) is 0 Å². The molecular weight excluding hydrogens is 388 g/mol. The number of aryl methyl sites for hydroxylation is 1. The first-order valence-corrected chi connectivity index (χ1v) is 10.5. The van der Waals surface area contributed by atoms with Crippen molar-refractivity contribution in [2.45, 2.75) is 21.4 Å². The summed E-state index contributed by atoms with van der Waals surface area (Å²) >= 11 is 4.47. The number of carbonyl (C=O) groups excluding carboxylic acids is 1. The molecule has 6 nitrogen and oxygen atoms in total. The molecule has 0 saturated carbocycles. The van der Waals surface area contributed by atoms with Gasteiger partial charge in [0.1, 0.15) is 11.5 Å². The van der Waals surface area contributed by atoms with E-state index >= 15 is 0 Å². The maximum Gasteiger partial charge on any atom is 0.250 e. The number of amides is 1. The van der Waals surface area contributed by atoms with E-state index in [0.29, 0.717) is 5.76 Å². The maximum absolute atomic E-state index is 11.8. The minimum atomic E-state index is -0.205. The molecule has 0 atom stereocenters. The molecule has 0 radical (unpaired) electrons. The Kier molecular flexibility index (Phi) is 6.87. The predicted molar refractivity (Wildman–Crippen MR) is 106 cm³/mol. The molecular formula is C17H16N4O2S3. The number of hydrogen-bond acceptors (Lipinski definition) is 8. The average molecular weight is 405 g/mol. The fourth-order valence-electron chi connectivity index (χ4n) is 1.88. The van der Waals surface area contributed by atoms with Crippen LogP contribution in [-0.4, -0.2) is 28.1 Å². The zero-order valence-electron chi connectivity index (χ0n) is 13.9. The summed E-state index contributed by atoms with van der Waals surface area (Å²) in [6.07, 6.45) is 1.47. The van der Waals surface area contributed by atoms with Crippen LogP contribution in [0, 0.1) is 6.92 Å². The van der Waals surface area contributed by atoms with E-state index < -0.39 is 0 Å². The van der Waals surface area contributed by atoms with Gasteiger partial charge in [-0.15, -0.1) is 10.2 Å². The van der Waals surface area contributed by atoms with Gasteiger partial charge in [0.15, 0.2) is 8.68 Å². The monoisotopic (exact) mass is 404 g/mol. The Bertz CT molecular complexity index is 877. The minimum Gasteiger partial charge on any atom is -0.460 e. The van der Waals surface area contributed by atoms with Gasteiger partial charge in [-0.25, -0.2) is 5.43 Å². The predicted octanol–water partition coefficient (Wildman–Crippen LogP) is 3.97. The second-order valence-corrected chi connectivity index (χ2v) is 8.56. The topological polar surface area (TPSA) is 80.4 Å². The zero-order valence-corrected chi connectivity index (χ0v) is 16.4. The summed E-state index contributed by atoms with van der Waals surface area (Å²) in [6.45, 7) is 1.85. The summed E-state index contributed by atoms with van der Waals surface area (Å²) in [4.78, 5) is 11.8. The van der Waals surface area contributed by atoms with Gasteiger partial charge in [0.25, 0.3) is 5.91 Å². The highest BCUT2D eigenvalue weighted by molar-refractivity contribution is 8.03. The third-order valence-electron chi connectivity index (χ3n) is 3.06. The molecule has 1 N–H and O–H groups in total. The molecule has 0 aliphatic heterocycles. The Morgan fingerprint density at radius 1 is 1.19 bits per heavy atom. The number of benzene rings is 1. The van der Waals surface area contributed by atoms with Crippen molar-refractivity contribution in [2.75, 3.05) is 5.75 Å². The second-order valence-electron chi connectivity index (χ2n) is 5.14. The number of nitrogens with zero attached hydrogens (tertiary/aromatic N) is 3. The summed E-state index contributed by atoms with van der Waals surface area (Å²) < 4.78 is 6.98. The van der Waals surface area contributed by atoms with Gasteiger partial charge in [0.05, 0.1) is 12.0 Å². The van der Waals surface area contributed by atoms with Crippen LogP contribution in [0.3, 0.4) is 0 Å². The molecule has 134 valence electrons. The van der Waals surface area contributed by atoms with E-state index in [0.717, 1.165) is 20.2 Å². The molecule has 1 aromatic carbocycles. The van der Waals surface area contributed by atoms with Gasteiger partial charge < -0.3 is 4.42 Å². The maximum atomic E-state index is 11.8. The number of furan rings is 1. The highest BCUT2D eigenvalue weighted by atomic mass is 32.2. The summed E-state index contributed by atoms with van der Waals surface area (Å²) in [5, 5.41) is 12.1. The molecule has 0 fully saturated rings. The third kappa shape index (κ3) is 6.01. The number of thioether (sulfide) groups is 2. The van der Waals surface area contributed by atoms with E-state index in [2.05, 4.69) is 32.9 Å². The van der Waals surface area contributed by atoms with Gasteiger partial charge >= 0.3 is 0 Å². The summed E-state index contributed by atoms with van der Waals surface area (Å²) in [5.74, 6) is 2.27. The van der Waals surface area contributed by atoms with E-state index in [1.54, 1.807) is 17.8 Å². The van der Waals surface area contributed by atoms with Crippen molar-refractivity contribution in [3.05, 3.63) is 59.5 Å². The molecule has 0 aliphatic carbocycles. The lowest BCUT2D eigenvalue weighted by Gasteiger charge is -1.97. The Morgan fingerprint density at radius 2 is 1.96 bits per heavy atom. The smallest absolute Gasteiger partial charge is 0.250 e. The van der Waals surface area contributed by atoms with Crippen LogP contribution in [0.1, 0.15) is 17.1 Å². The number of nitrogens with one attached hydrogen (secondary N) is 1. The van der Waals surface area contributed by atoms with Crippen LogP contribution in [0.2, 0.25) is 0 Å². The lowest BCUT2D eigenvalue weighted by Crippen LogP contribution is -2.19. The molecule has 0 unspecified atom stereocenters. The fourth-order valence-corrected chi connectivity index (χ4v) is 4.65. The van der Waals surface area contributed by atoms with Gasteiger partial charge in [-0.05, 0) is 24.6 Å². The highest BCUT2D eigenvalue weighted by Gasteiger charge is 2.08. The largest absolute Gasteiger partial charge is 0.460 e. The van der Waals surface area contributed by atoms with Crippen LogP contribution in [0.4, 0.5) is 0 Å². The first kappa shape index (κ1) is 18.7.